The summed E-state index contributed by atoms with van der Waals surface area (Å²) in [5.74, 6) is 0.572. The molecule has 94 valence electrons. The zero-order valence-corrected chi connectivity index (χ0v) is 9.79. The maximum absolute atomic E-state index is 12.9. The Bertz CT molecular complexity index is 728. The van der Waals surface area contributed by atoms with Gasteiger partial charge in [0.2, 0.25) is 5.65 Å². The van der Waals surface area contributed by atoms with Gasteiger partial charge in [-0.05, 0) is 24.3 Å². The van der Waals surface area contributed by atoms with E-state index in [0.29, 0.717) is 28.4 Å². The second kappa shape index (κ2) is 4.62. The Hall–Kier alpha value is -2.54. The fraction of sp³-hybridized carbons (Fsp3) is 0.0833. The van der Waals surface area contributed by atoms with Crippen molar-refractivity contribution in [2.45, 2.75) is 6.54 Å². The predicted molar refractivity (Wildman–Crippen MR) is 66.2 cm³/mol. The van der Waals surface area contributed by atoms with Gasteiger partial charge in [0, 0.05) is 5.56 Å². The number of benzene rings is 1. The molecule has 2 N–H and O–H groups in total. The van der Waals surface area contributed by atoms with Crippen molar-refractivity contribution < 1.29 is 4.39 Å². The van der Waals surface area contributed by atoms with Crippen LogP contribution in [0.3, 0.4) is 0 Å². The average molecular weight is 256 g/mol. The van der Waals surface area contributed by atoms with Crippen molar-refractivity contribution in [3.05, 3.63) is 42.1 Å². The fourth-order valence-corrected chi connectivity index (χ4v) is 1.60. The van der Waals surface area contributed by atoms with Crippen molar-refractivity contribution in [1.82, 2.24) is 25.1 Å². The lowest BCUT2D eigenvalue weighted by atomic mass is 10.2. The van der Waals surface area contributed by atoms with Crippen molar-refractivity contribution in [3.8, 4) is 11.4 Å². The quantitative estimate of drug-likeness (QED) is 0.737. The molecule has 3 aromatic rings. The minimum atomic E-state index is -0.312. The lowest BCUT2D eigenvalue weighted by Crippen LogP contribution is -2.05. The lowest BCUT2D eigenvalue weighted by Gasteiger charge is -2.01. The van der Waals surface area contributed by atoms with Gasteiger partial charge in [0.1, 0.15) is 17.2 Å². The maximum atomic E-state index is 12.9. The van der Waals surface area contributed by atoms with Gasteiger partial charge in [-0.15, -0.1) is 10.2 Å². The van der Waals surface area contributed by atoms with Gasteiger partial charge in [0.15, 0.2) is 5.82 Å². The van der Waals surface area contributed by atoms with Crippen LogP contribution in [0.5, 0.6) is 0 Å². The molecule has 0 amide bonds. The van der Waals surface area contributed by atoms with Gasteiger partial charge in [-0.2, -0.15) is 0 Å². The SMILES string of the molecule is NCc1ncc2nc(-c3ccc(F)cc3)nnc2n1. The van der Waals surface area contributed by atoms with Gasteiger partial charge in [-0.3, -0.25) is 0 Å². The standard InChI is InChI=1S/C12H9FN6/c13-8-3-1-7(2-4-8)11-16-9-6-15-10(5-14)17-12(9)19-18-11/h1-4,6H,5,14H2. The third-order valence-corrected chi connectivity index (χ3v) is 2.55. The predicted octanol–water partition coefficient (Wildman–Crippen LogP) is 1.08. The van der Waals surface area contributed by atoms with Crippen LogP contribution >= 0.6 is 0 Å². The largest absolute Gasteiger partial charge is 0.324 e. The van der Waals surface area contributed by atoms with E-state index in [-0.39, 0.29) is 12.4 Å². The molecule has 2 heterocycles. The number of aromatic nitrogens is 5. The van der Waals surface area contributed by atoms with Gasteiger partial charge in [-0.1, -0.05) is 0 Å². The van der Waals surface area contributed by atoms with E-state index in [9.17, 15) is 4.39 Å². The van der Waals surface area contributed by atoms with Gasteiger partial charge < -0.3 is 5.73 Å². The number of nitrogens with two attached hydrogens (primary N) is 1. The monoisotopic (exact) mass is 256 g/mol. The van der Waals surface area contributed by atoms with Crippen molar-refractivity contribution in [2.75, 3.05) is 0 Å². The summed E-state index contributed by atoms with van der Waals surface area (Å²) in [6.07, 6.45) is 1.55. The van der Waals surface area contributed by atoms with Crippen molar-refractivity contribution in [1.29, 1.82) is 0 Å². The molecule has 0 saturated carbocycles. The molecule has 0 aliphatic rings. The first-order valence-corrected chi connectivity index (χ1v) is 5.58. The minimum absolute atomic E-state index is 0.233. The molecule has 0 radical (unpaired) electrons. The van der Waals surface area contributed by atoms with Crippen molar-refractivity contribution >= 4 is 11.2 Å². The number of hydrogen-bond acceptors (Lipinski definition) is 6. The van der Waals surface area contributed by atoms with E-state index in [1.54, 1.807) is 18.3 Å². The number of hydrogen-bond donors (Lipinski definition) is 1. The lowest BCUT2D eigenvalue weighted by molar-refractivity contribution is 0.628. The first-order chi connectivity index (χ1) is 9.26. The second-order valence-corrected chi connectivity index (χ2v) is 3.84. The Morgan fingerprint density at radius 2 is 1.84 bits per heavy atom. The summed E-state index contributed by atoms with van der Waals surface area (Å²) in [7, 11) is 0. The maximum Gasteiger partial charge on any atom is 0.203 e. The molecule has 0 aliphatic carbocycles. The van der Waals surface area contributed by atoms with Crippen LogP contribution in [0, 0.1) is 5.82 Å². The summed E-state index contributed by atoms with van der Waals surface area (Å²) in [6.45, 7) is 0.233. The topological polar surface area (TPSA) is 90.5 Å². The summed E-state index contributed by atoms with van der Waals surface area (Å²) < 4.78 is 12.9. The highest BCUT2D eigenvalue weighted by Gasteiger charge is 2.06. The second-order valence-electron chi connectivity index (χ2n) is 3.84. The van der Waals surface area contributed by atoms with Gasteiger partial charge in [0.25, 0.3) is 0 Å². The van der Waals surface area contributed by atoms with Crippen molar-refractivity contribution in [3.63, 3.8) is 0 Å². The normalized spacial score (nSPS) is 10.8. The number of nitrogens with zero attached hydrogens (tertiary/aromatic N) is 5. The van der Waals surface area contributed by atoms with E-state index < -0.39 is 0 Å². The molecule has 3 rings (SSSR count). The molecule has 0 aliphatic heterocycles. The smallest absolute Gasteiger partial charge is 0.203 e. The molecule has 0 unspecified atom stereocenters. The molecule has 1 aromatic carbocycles. The molecular weight excluding hydrogens is 247 g/mol. The van der Waals surface area contributed by atoms with Crippen LogP contribution in [0.15, 0.2) is 30.5 Å². The highest BCUT2D eigenvalue weighted by molar-refractivity contribution is 5.70. The zero-order chi connectivity index (χ0) is 13.2. The number of fused-ring (bicyclic) bond motifs is 1. The molecule has 6 nitrogen and oxygen atoms in total. The van der Waals surface area contributed by atoms with E-state index in [1.807, 2.05) is 0 Å². The molecular formula is C12H9FN6. The Kier molecular flexibility index (Phi) is 2.81. The van der Waals surface area contributed by atoms with Crippen LogP contribution in [-0.4, -0.2) is 25.1 Å². The molecule has 19 heavy (non-hydrogen) atoms. The van der Waals surface area contributed by atoms with Crippen LogP contribution in [0.25, 0.3) is 22.6 Å². The molecule has 7 heteroatoms. The van der Waals surface area contributed by atoms with Crippen LogP contribution in [0.2, 0.25) is 0 Å². The molecule has 2 aromatic heterocycles. The first kappa shape index (κ1) is 11.5. The summed E-state index contributed by atoms with van der Waals surface area (Å²) in [6, 6.07) is 5.87. The Labute approximate surface area is 107 Å². The van der Waals surface area contributed by atoms with E-state index in [4.69, 9.17) is 5.73 Å². The molecule has 0 spiro atoms. The van der Waals surface area contributed by atoms with Crippen molar-refractivity contribution in [2.24, 2.45) is 5.73 Å². The van der Waals surface area contributed by atoms with Gasteiger partial charge in [-0.25, -0.2) is 19.3 Å². The molecule has 0 fully saturated rings. The number of halogens is 1. The van der Waals surface area contributed by atoms with Crippen LogP contribution in [0.1, 0.15) is 5.82 Å². The fourth-order valence-electron chi connectivity index (χ4n) is 1.60. The number of rotatable bonds is 2. The van der Waals surface area contributed by atoms with Crippen LogP contribution in [0.4, 0.5) is 4.39 Å². The summed E-state index contributed by atoms with van der Waals surface area (Å²) in [5.41, 5.74) is 7.04. The van der Waals surface area contributed by atoms with Crippen LogP contribution < -0.4 is 5.73 Å². The van der Waals surface area contributed by atoms with Gasteiger partial charge in [0.05, 0.1) is 12.7 Å². The highest BCUT2D eigenvalue weighted by atomic mass is 19.1. The summed E-state index contributed by atoms with van der Waals surface area (Å²) in [5, 5.41) is 7.94. The van der Waals surface area contributed by atoms with E-state index >= 15 is 0 Å². The minimum Gasteiger partial charge on any atom is -0.324 e. The third kappa shape index (κ3) is 2.23. The third-order valence-electron chi connectivity index (χ3n) is 2.55. The highest BCUT2D eigenvalue weighted by Crippen LogP contribution is 2.16. The summed E-state index contributed by atoms with van der Waals surface area (Å²) in [4.78, 5) is 12.4. The molecule has 0 saturated heterocycles. The average Bonchev–Trinajstić information content (AvgIpc) is 2.47. The summed E-state index contributed by atoms with van der Waals surface area (Å²) >= 11 is 0. The molecule has 0 atom stereocenters. The Balaban J connectivity index is 2.08. The van der Waals surface area contributed by atoms with E-state index in [0.717, 1.165) is 0 Å². The Morgan fingerprint density at radius 1 is 1.05 bits per heavy atom. The zero-order valence-electron chi connectivity index (χ0n) is 9.79. The van der Waals surface area contributed by atoms with E-state index in [2.05, 4.69) is 25.1 Å². The molecule has 0 bridgehead atoms. The van der Waals surface area contributed by atoms with Crippen LogP contribution in [-0.2, 0) is 6.54 Å². The van der Waals surface area contributed by atoms with Gasteiger partial charge >= 0.3 is 0 Å². The first-order valence-electron chi connectivity index (χ1n) is 5.58. The van der Waals surface area contributed by atoms with E-state index in [1.165, 1.54) is 12.1 Å². The Morgan fingerprint density at radius 3 is 2.58 bits per heavy atom.